The van der Waals surface area contributed by atoms with E-state index in [1.807, 2.05) is 0 Å². The fourth-order valence-corrected chi connectivity index (χ4v) is 3.09. The Balaban J connectivity index is 1.76. The SMILES string of the molecule is COCC(C)(C)CNC(=O)C1CC12CCNCC2. The molecular formula is C14H26N2O2. The van der Waals surface area contributed by atoms with E-state index in [0.29, 0.717) is 18.6 Å². The maximum absolute atomic E-state index is 12.2. The average molecular weight is 254 g/mol. The Labute approximate surface area is 110 Å². The molecule has 0 radical (unpaired) electrons. The zero-order chi connectivity index (χ0) is 13.2. The molecule has 2 aliphatic rings. The van der Waals surface area contributed by atoms with Crippen molar-refractivity contribution in [1.82, 2.24) is 10.6 Å². The largest absolute Gasteiger partial charge is 0.384 e. The Morgan fingerprint density at radius 3 is 2.72 bits per heavy atom. The first kappa shape index (κ1) is 13.8. The van der Waals surface area contributed by atoms with Gasteiger partial charge in [0.15, 0.2) is 0 Å². The summed E-state index contributed by atoms with van der Waals surface area (Å²) in [4.78, 5) is 12.2. The summed E-state index contributed by atoms with van der Waals surface area (Å²) in [6.45, 7) is 7.74. The summed E-state index contributed by atoms with van der Waals surface area (Å²) in [6.07, 6.45) is 3.41. The molecule has 0 bridgehead atoms. The quantitative estimate of drug-likeness (QED) is 0.774. The summed E-state index contributed by atoms with van der Waals surface area (Å²) in [5.74, 6) is 0.513. The molecule has 1 saturated heterocycles. The Bertz CT molecular complexity index is 309. The van der Waals surface area contributed by atoms with Gasteiger partial charge in [0.2, 0.25) is 5.91 Å². The minimum Gasteiger partial charge on any atom is -0.384 e. The van der Waals surface area contributed by atoms with Crippen molar-refractivity contribution in [3.05, 3.63) is 0 Å². The van der Waals surface area contributed by atoms with Crippen molar-refractivity contribution in [3.8, 4) is 0 Å². The number of amides is 1. The Hall–Kier alpha value is -0.610. The van der Waals surface area contributed by atoms with E-state index in [9.17, 15) is 4.79 Å². The van der Waals surface area contributed by atoms with Gasteiger partial charge in [-0.1, -0.05) is 13.8 Å². The van der Waals surface area contributed by atoms with Crippen molar-refractivity contribution in [3.63, 3.8) is 0 Å². The second-order valence-corrected chi connectivity index (χ2v) is 6.68. The first-order valence-corrected chi connectivity index (χ1v) is 6.97. The van der Waals surface area contributed by atoms with E-state index >= 15 is 0 Å². The molecule has 4 nitrogen and oxygen atoms in total. The third-order valence-corrected chi connectivity index (χ3v) is 4.38. The van der Waals surface area contributed by atoms with Crippen LogP contribution in [0, 0.1) is 16.7 Å². The van der Waals surface area contributed by atoms with Gasteiger partial charge in [-0.15, -0.1) is 0 Å². The smallest absolute Gasteiger partial charge is 0.223 e. The lowest BCUT2D eigenvalue weighted by atomic mass is 9.91. The summed E-state index contributed by atoms with van der Waals surface area (Å²) in [5.41, 5.74) is 0.349. The van der Waals surface area contributed by atoms with Crippen molar-refractivity contribution in [2.45, 2.75) is 33.1 Å². The van der Waals surface area contributed by atoms with Gasteiger partial charge in [-0.05, 0) is 37.8 Å². The number of carbonyl (C=O) groups excluding carboxylic acids is 1. The van der Waals surface area contributed by atoms with Crippen LogP contribution in [0.5, 0.6) is 0 Å². The van der Waals surface area contributed by atoms with Crippen LogP contribution in [-0.2, 0) is 9.53 Å². The van der Waals surface area contributed by atoms with Crippen LogP contribution < -0.4 is 10.6 Å². The number of hydrogen-bond acceptors (Lipinski definition) is 3. The van der Waals surface area contributed by atoms with Crippen molar-refractivity contribution >= 4 is 5.91 Å². The standard InChI is InChI=1S/C14H26N2O2/c1-13(2,10-18-3)9-16-12(17)11-8-14(11)4-6-15-7-5-14/h11,15H,4-10H2,1-3H3,(H,16,17). The minimum atomic E-state index is 0.0145. The van der Waals surface area contributed by atoms with Gasteiger partial charge in [-0.25, -0.2) is 0 Å². The topological polar surface area (TPSA) is 50.4 Å². The van der Waals surface area contributed by atoms with Gasteiger partial charge in [0.25, 0.3) is 0 Å². The van der Waals surface area contributed by atoms with Gasteiger partial charge in [0.1, 0.15) is 0 Å². The average Bonchev–Trinajstić information content (AvgIpc) is 3.01. The first-order valence-electron chi connectivity index (χ1n) is 6.97. The molecule has 1 unspecified atom stereocenters. The zero-order valence-corrected chi connectivity index (χ0v) is 11.8. The molecule has 2 rings (SSSR count). The van der Waals surface area contributed by atoms with Gasteiger partial charge in [0.05, 0.1) is 6.61 Å². The minimum absolute atomic E-state index is 0.0145. The van der Waals surface area contributed by atoms with Crippen LogP contribution in [0.1, 0.15) is 33.1 Å². The molecule has 0 aromatic rings. The summed E-state index contributed by atoms with van der Waals surface area (Å²) < 4.78 is 5.17. The highest BCUT2D eigenvalue weighted by Gasteiger charge is 2.57. The molecule has 1 spiro atoms. The van der Waals surface area contributed by atoms with E-state index in [2.05, 4.69) is 24.5 Å². The summed E-state index contributed by atoms with van der Waals surface area (Å²) in [5, 5.41) is 6.47. The second kappa shape index (κ2) is 5.17. The van der Waals surface area contributed by atoms with Crippen LogP contribution in [0.25, 0.3) is 0 Å². The predicted molar refractivity (Wildman–Crippen MR) is 71.3 cm³/mol. The van der Waals surface area contributed by atoms with Crippen molar-refractivity contribution in [2.75, 3.05) is 33.4 Å². The number of hydrogen-bond donors (Lipinski definition) is 2. The molecule has 1 aliphatic carbocycles. The number of ether oxygens (including phenoxy) is 1. The molecule has 0 aromatic carbocycles. The van der Waals surface area contributed by atoms with E-state index in [-0.39, 0.29) is 17.2 Å². The summed E-state index contributed by atoms with van der Waals surface area (Å²) in [7, 11) is 1.70. The Morgan fingerprint density at radius 2 is 2.11 bits per heavy atom. The molecule has 0 aromatic heterocycles. The second-order valence-electron chi connectivity index (χ2n) is 6.68. The van der Waals surface area contributed by atoms with E-state index < -0.39 is 0 Å². The van der Waals surface area contributed by atoms with Crippen LogP contribution in [-0.4, -0.2) is 39.3 Å². The van der Waals surface area contributed by atoms with Crippen molar-refractivity contribution in [1.29, 1.82) is 0 Å². The summed E-state index contributed by atoms with van der Waals surface area (Å²) in [6, 6.07) is 0. The molecule has 2 fully saturated rings. The monoisotopic (exact) mass is 254 g/mol. The van der Waals surface area contributed by atoms with Gasteiger partial charge in [-0.3, -0.25) is 4.79 Å². The first-order chi connectivity index (χ1) is 8.49. The molecule has 104 valence electrons. The fraction of sp³-hybridized carbons (Fsp3) is 0.929. The van der Waals surface area contributed by atoms with Gasteiger partial charge < -0.3 is 15.4 Å². The van der Waals surface area contributed by atoms with E-state index in [1.165, 1.54) is 0 Å². The van der Waals surface area contributed by atoms with Gasteiger partial charge in [-0.2, -0.15) is 0 Å². The normalized spacial score (nSPS) is 26.1. The highest BCUT2D eigenvalue weighted by molar-refractivity contribution is 5.82. The lowest BCUT2D eigenvalue weighted by Crippen LogP contribution is -2.39. The van der Waals surface area contributed by atoms with E-state index in [4.69, 9.17) is 4.74 Å². The maximum atomic E-state index is 12.2. The van der Waals surface area contributed by atoms with E-state index in [1.54, 1.807) is 7.11 Å². The van der Waals surface area contributed by atoms with Crippen LogP contribution in [0.15, 0.2) is 0 Å². The van der Waals surface area contributed by atoms with E-state index in [0.717, 1.165) is 32.4 Å². The number of methoxy groups -OCH3 is 1. The highest BCUT2D eigenvalue weighted by Crippen LogP contribution is 2.58. The molecule has 1 heterocycles. The van der Waals surface area contributed by atoms with Gasteiger partial charge >= 0.3 is 0 Å². The van der Waals surface area contributed by atoms with Crippen molar-refractivity contribution < 1.29 is 9.53 Å². The van der Waals surface area contributed by atoms with Crippen molar-refractivity contribution in [2.24, 2.45) is 16.7 Å². The molecule has 1 atom stereocenters. The predicted octanol–water partition coefficient (Wildman–Crippen LogP) is 1.16. The number of carbonyl (C=O) groups is 1. The van der Waals surface area contributed by atoms with Crippen LogP contribution in [0.2, 0.25) is 0 Å². The van der Waals surface area contributed by atoms with Crippen LogP contribution in [0.3, 0.4) is 0 Å². The molecule has 4 heteroatoms. The molecule has 1 aliphatic heterocycles. The maximum Gasteiger partial charge on any atom is 0.223 e. The number of nitrogens with one attached hydrogen (secondary N) is 2. The van der Waals surface area contributed by atoms with Crippen LogP contribution >= 0.6 is 0 Å². The lowest BCUT2D eigenvalue weighted by Gasteiger charge is -2.25. The molecular weight excluding hydrogens is 228 g/mol. The molecule has 1 amide bonds. The number of rotatable bonds is 5. The number of piperidine rings is 1. The van der Waals surface area contributed by atoms with Crippen LogP contribution in [0.4, 0.5) is 0 Å². The molecule has 1 saturated carbocycles. The third-order valence-electron chi connectivity index (χ3n) is 4.38. The Morgan fingerprint density at radius 1 is 1.44 bits per heavy atom. The lowest BCUT2D eigenvalue weighted by molar-refractivity contribution is -0.123. The Kier molecular flexibility index (Phi) is 3.97. The third kappa shape index (κ3) is 3.04. The fourth-order valence-electron chi connectivity index (χ4n) is 3.09. The van der Waals surface area contributed by atoms with Gasteiger partial charge in [0, 0.05) is 25.0 Å². The highest BCUT2D eigenvalue weighted by atomic mass is 16.5. The summed E-state index contributed by atoms with van der Waals surface area (Å²) >= 11 is 0. The zero-order valence-electron chi connectivity index (χ0n) is 11.8. The molecule has 18 heavy (non-hydrogen) atoms. The molecule has 2 N–H and O–H groups in total.